The van der Waals surface area contributed by atoms with Gasteiger partial charge in [0.1, 0.15) is 6.04 Å². The number of carbonyl (C=O) groups is 1. The van der Waals surface area contributed by atoms with Crippen LogP contribution in [0.5, 0.6) is 0 Å². The molecular weight excluding hydrogens is 178 g/mol. The fourth-order valence-electron chi connectivity index (χ4n) is 1.50. The van der Waals surface area contributed by atoms with Crippen LogP contribution in [0.3, 0.4) is 0 Å². The first kappa shape index (κ1) is 10.7. The molecular formula is C11H15NO2. The first-order chi connectivity index (χ1) is 6.54. The summed E-state index contributed by atoms with van der Waals surface area (Å²) in [6.45, 7) is 3.79. The summed E-state index contributed by atoms with van der Waals surface area (Å²) < 4.78 is 0. The van der Waals surface area contributed by atoms with Gasteiger partial charge in [-0.2, -0.15) is 0 Å². The summed E-state index contributed by atoms with van der Waals surface area (Å²) in [5.41, 5.74) is 7.64. The number of aryl methyl sites for hydroxylation is 1. The van der Waals surface area contributed by atoms with Crippen molar-refractivity contribution >= 4 is 5.97 Å². The van der Waals surface area contributed by atoms with Crippen molar-refractivity contribution in [3.8, 4) is 0 Å². The van der Waals surface area contributed by atoms with Gasteiger partial charge in [-0.3, -0.25) is 4.79 Å². The minimum Gasteiger partial charge on any atom is -0.480 e. The molecule has 0 amide bonds. The number of hydrogen-bond donors (Lipinski definition) is 2. The van der Waals surface area contributed by atoms with Gasteiger partial charge in [0.15, 0.2) is 0 Å². The lowest BCUT2D eigenvalue weighted by Crippen LogP contribution is -2.35. The van der Waals surface area contributed by atoms with Gasteiger partial charge in [-0.05, 0) is 18.1 Å². The summed E-state index contributed by atoms with van der Waals surface area (Å²) in [7, 11) is 0. The Hall–Kier alpha value is -1.35. The van der Waals surface area contributed by atoms with E-state index in [9.17, 15) is 4.79 Å². The molecule has 3 N–H and O–H groups in total. The maximum atomic E-state index is 10.7. The molecule has 0 aliphatic heterocycles. The number of nitrogens with two attached hydrogens (primary N) is 1. The normalized spacial score (nSPS) is 14.8. The van der Waals surface area contributed by atoms with Gasteiger partial charge in [0.2, 0.25) is 0 Å². The van der Waals surface area contributed by atoms with Gasteiger partial charge < -0.3 is 10.8 Å². The number of carboxylic acid groups (broad SMARTS) is 1. The predicted molar refractivity (Wildman–Crippen MR) is 55.2 cm³/mol. The Morgan fingerprint density at radius 2 is 2.00 bits per heavy atom. The summed E-state index contributed by atoms with van der Waals surface area (Å²) >= 11 is 0. The lowest BCUT2D eigenvalue weighted by Gasteiger charge is -2.18. The van der Waals surface area contributed by atoms with Crippen LogP contribution in [0.25, 0.3) is 0 Å². The molecule has 0 aromatic heterocycles. The second-order valence-corrected chi connectivity index (χ2v) is 3.51. The quantitative estimate of drug-likeness (QED) is 0.764. The third kappa shape index (κ3) is 2.12. The van der Waals surface area contributed by atoms with E-state index < -0.39 is 12.0 Å². The van der Waals surface area contributed by atoms with Crippen LogP contribution in [-0.4, -0.2) is 17.1 Å². The highest BCUT2D eigenvalue weighted by Gasteiger charge is 2.22. The van der Waals surface area contributed by atoms with Crippen molar-refractivity contribution in [2.24, 2.45) is 5.73 Å². The summed E-state index contributed by atoms with van der Waals surface area (Å²) in [4.78, 5) is 10.7. The van der Waals surface area contributed by atoms with Crippen molar-refractivity contribution in [3.63, 3.8) is 0 Å². The van der Waals surface area contributed by atoms with Crippen LogP contribution in [0.15, 0.2) is 24.3 Å². The zero-order chi connectivity index (χ0) is 10.7. The summed E-state index contributed by atoms with van der Waals surface area (Å²) in [5.74, 6) is -1.12. The van der Waals surface area contributed by atoms with Crippen LogP contribution in [0.1, 0.15) is 24.0 Å². The number of carboxylic acids is 1. The smallest absolute Gasteiger partial charge is 0.321 e. The molecule has 0 spiro atoms. The van der Waals surface area contributed by atoms with E-state index in [2.05, 4.69) is 0 Å². The number of aliphatic carboxylic acids is 1. The number of hydrogen-bond acceptors (Lipinski definition) is 2. The molecule has 0 bridgehead atoms. The highest BCUT2D eigenvalue weighted by molar-refractivity contribution is 5.74. The molecule has 14 heavy (non-hydrogen) atoms. The second kappa shape index (κ2) is 4.24. The topological polar surface area (TPSA) is 63.3 Å². The molecule has 0 unspecified atom stereocenters. The highest BCUT2D eigenvalue weighted by Crippen LogP contribution is 2.21. The molecule has 3 heteroatoms. The van der Waals surface area contributed by atoms with E-state index in [1.807, 2.05) is 38.1 Å². The minimum absolute atomic E-state index is 0.159. The maximum absolute atomic E-state index is 10.7. The van der Waals surface area contributed by atoms with Crippen LogP contribution in [0.2, 0.25) is 0 Å². The standard InChI is InChI=1S/C11H15NO2/c1-7-5-3-4-6-9(7)8(2)10(12)11(13)14/h3-6,8,10H,12H2,1-2H3,(H,13,14)/t8-,10+/m1/s1. The molecule has 0 radical (unpaired) electrons. The summed E-state index contributed by atoms with van der Waals surface area (Å²) in [6, 6.07) is 6.87. The molecule has 76 valence electrons. The molecule has 0 aliphatic carbocycles. The third-order valence-electron chi connectivity index (χ3n) is 2.50. The zero-order valence-corrected chi connectivity index (χ0v) is 8.40. The van der Waals surface area contributed by atoms with Gasteiger partial charge in [0.05, 0.1) is 0 Å². The Kier molecular flexibility index (Phi) is 3.25. The van der Waals surface area contributed by atoms with Gasteiger partial charge in [0, 0.05) is 5.92 Å². The fourth-order valence-corrected chi connectivity index (χ4v) is 1.50. The van der Waals surface area contributed by atoms with Crippen molar-refractivity contribution in [1.82, 2.24) is 0 Å². The molecule has 0 aliphatic rings. The average Bonchev–Trinajstić information content (AvgIpc) is 2.16. The van der Waals surface area contributed by atoms with Gasteiger partial charge >= 0.3 is 5.97 Å². The first-order valence-corrected chi connectivity index (χ1v) is 4.58. The fraction of sp³-hybridized carbons (Fsp3) is 0.364. The third-order valence-corrected chi connectivity index (χ3v) is 2.50. The van der Waals surface area contributed by atoms with E-state index in [1.54, 1.807) is 0 Å². The maximum Gasteiger partial charge on any atom is 0.321 e. The summed E-state index contributed by atoms with van der Waals surface area (Å²) in [6.07, 6.45) is 0. The van der Waals surface area contributed by atoms with Gasteiger partial charge in [0.25, 0.3) is 0 Å². The predicted octanol–water partition coefficient (Wildman–Crippen LogP) is 1.51. The van der Waals surface area contributed by atoms with Crippen molar-refractivity contribution in [2.75, 3.05) is 0 Å². The van der Waals surface area contributed by atoms with Gasteiger partial charge in [-0.25, -0.2) is 0 Å². The Balaban J connectivity index is 2.94. The Bertz CT molecular complexity index is 336. The molecule has 1 aromatic carbocycles. The van der Waals surface area contributed by atoms with Gasteiger partial charge in [-0.15, -0.1) is 0 Å². The highest BCUT2D eigenvalue weighted by atomic mass is 16.4. The van der Waals surface area contributed by atoms with Crippen LogP contribution in [-0.2, 0) is 4.79 Å². The SMILES string of the molecule is Cc1ccccc1[C@@H](C)[C@H](N)C(=O)O. The van der Waals surface area contributed by atoms with Crippen LogP contribution in [0, 0.1) is 6.92 Å². The number of rotatable bonds is 3. The lowest BCUT2D eigenvalue weighted by atomic mass is 9.91. The molecule has 0 heterocycles. The van der Waals surface area contributed by atoms with Crippen LogP contribution in [0.4, 0.5) is 0 Å². The molecule has 3 nitrogen and oxygen atoms in total. The lowest BCUT2D eigenvalue weighted by molar-refractivity contribution is -0.139. The molecule has 1 aromatic rings. The van der Waals surface area contributed by atoms with E-state index >= 15 is 0 Å². The molecule has 0 saturated carbocycles. The van der Waals surface area contributed by atoms with Crippen LogP contribution >= 0.6 is 0 Å². The minimum atomic E-state index is -0.958. The largest absolute Gasteiger partial charge is 0.480 e. The van der Waals surface area contributed by atoms with Gasteiger partial charge in [-0.1, -0.05) is 31.2 Å². The number of benzene rings is 1. The van der Waals surface area contributed by atoms with E-state index in [0.29, 0.717) is 0 Å². The zero-order valence-electron chi connectivity index (χ0n) is 8.40. The van der Waals surface area contributed by atoms with E-state index in [0.717, 1.165) is 11.1 Å². The molecule has 0 saturated heterocycles. The van der Waals surface area contributed by atoms with Crippen molar-refractivity contribution in [2.45, 2.75) is 25.8 Å². The molecule has 2 atom stereocenters. The van der Waals surface area contributed by atoms with Crippen molar-refractivity contribution in [1.29, 1.82) is 0 Å². The van der Waals surface area contributed by atoms with Crippen molar-refractivity contribution < 1.29 is 9.90 Å². The Labute approximate surface area is 83.6 Å². The van der Waals surface area contributed by atoms with E-state index in [4.69, 9.17) is 10.8 Å². The summed E-state index contributed by atoms with van der Waals surface area (Å²) in [5, 5.41) is 8.78. The average molecular weight is 193 g/mol. The Morgan fingerprint density at radius 1 is 1.43 bits per heavy atom. The van der Waals surface area contributed by atoms with Crippen molar-refractivity contribution in [3.05, 3.63) is 35.4 Å². The second-order valence-electron chi connectivity index (χ2n) is 3.51. The molecule has 1 rings (SSSR count). The molecule has 0 fully saturated rings. The van der Waals surface area contributed by atoms with E-state index in [1.165, 1.54) is 0 Å². The van der Waals surface area contributed by atoms with E-state index in [-0.39, 0.29) is 5.92 Å². The first-order valence-electron chi connectivity index (χ1n) is 4.58. The Morgan fingerprint density at radius 3 is 2.50 bits per heavy atom. The monoisotopic (exact) mass is 193 g/mol. The van der Waals surface area contributed by atoms with Crippen LogP contribution < -0.4 is 5.73 Å².